The van der Waals surface area contributed by atoms with E-state index >= 15 is 0 Å². The molecular formula is C21H21BrN6O5. The lowest BCUT2D eigenvalue weighted by molar-refractivity contribution is -0.136. The monoisotopic (exact) mass is 516 g/mol. The van der Waals surface area contributed by atoms with Crippen LogP contribution in [0, 0.1) is 0 Å². The number of carbonyl (C=O) groups is 5. The SMILES string of the molecule is O=C1CCC(N2C(=O)c3cccc(NC(=O)Cn4cc(CCCCBr)nn4)c3C2=O)C(=O)N1. The number of benzene rings is 1. The van der Waals surface area contributed by atoms with Gasteiger partial charge < -0.3 is 5.32 Å². The van der Waals surface area contributed by atoms with E-state index < -0.39 is 35.6 Å². The smallest absolute Gasteiger partial charge is 0.264 e. The summed E-state index contributed by atoms with van der Waals surface area (Å²) in [7, 11) is 0. The fourth-order valence-corrected chi connectivity index (χ4v) is 4.28. The molecule has 11 nitrogen and oxygen atoms in total. The van der Waals surface area contributed by atoms with Gasteiger partial charge in [-0.25, -0.2) is 4.68 Å². The number of fused-ring (bicyclic) bond motifs is 1. The zero-order valence-electron chi connectivity index (χ0n) is 17.5. The summed E-state index contributed by atoms with van der Waals surface area (Å²) in [5, 5.41) is 13.7. The van der Waals surface area contributed by atoms with E-state index in [0.717, 1.165) is 35.2 Å². The summed E-state index contributed by atoms with van der Waals surface area (Å²) in [5.74, 6) is -2.90. The molecule has 1 atom stereocenters. The Labute approximate surface area is 197 Å². The predicted octanol–water partition coefficient (Wildman–Crippen LogP) is 1.04. The van der Waals surface area contributed by atoms with E-state index in [0.29, 0.717) is 0 Å². The zero-order chi connectivity index (χ0) is 23.5. The lowest BCUT2D eigenvalue weighted by Gasteiger charge is -2.27. The number of rotatable bonds is 8. The fraction of sp³-hybridized carbons (Fsp3) is 0.381. The minimum atomic E-state index is -1.07. The van der Waals surface area contributed by atoms with E-state index in [1.165, 1.54) is 16.8 Å². The van der Waals surface area contributed by atoms with Gasteiger partial charge in [-0.15, -0.1) is 5.10 Å². The molecule has 2 aliphatic heterocycles. The Bertz CT molecular complexity index is 1150. The van der Waals surface area contributed by atoms with Gasteiger partial charge in [0.1, 0.15) is 12.6 Å². The van der Waals surface area contributed by atoms with E-state index in [2.05, 4.69) is 36.9 Å². The minimum absolute atomic E-state index is 0.0228. The topological polar surface area (TPSA) is 143 Å². The molecule has 0 saturated carbocycles. The average Bonchev–Trinajstić information content (AvgIpc) is 3.31. The Morgan fingerprint density at radius 1 is 1.18 bits per heavy atom. The van der Waals surface area contributed by atoms with Gasteiger partial charge in [0.05, 0.1) is 22.5 Å². The summed E-state index contributed by atoms with van der Waals surface area (Å²) < 4.78 is 1.41. The summed E-state index contributed by atoms with van der Waals surface area (Å²) in [6.45, 7) is -0.117. The number of anilines is 1. The molecule has 33 heavy (non-hydrogen) atoms. The van der Waals surface area contributed by atoms with Gasteiger partial charge in [0.15, 0.2) is 0 Å². The summed E-state index contributed by atoms with van der Waals surface area (Å²) in [6.07, 6.45) is 4.50. The fourth-order valence-electron chi connectivity index (χ4n) is 3.89. The highest BCUT2D eigenvalue weighted by Crippen LogP contribution is 2.32. The van der Waals surface area contributed by atoms with Crippen LogP contribution in [-0.2, 0) is 27.3 Å². The maximum absolute atomic E-state index is 13.1. The van der Waals surface area contributed by atoms with Crippen LogP contribution < -0.4 is 10.6 Å². The summed E-state index contributed by atoms with van der Waals surface area (Å²) in [5.41, 5.74) is 1.07. The summed E-state index contributed by atoms with van der Waals surface area (Å²) >= 11 is 3.38. The number of nitrogens with one attached hydrogen (secondary N) is 2. The third kappa shape index (κ3) is 4.70. The van der Waals surface area contributed by atoms with Crippen LogP contribution in [0.15, 0.2) is 24.4 Å². The molecule has 1 saturated heterocycles. The Morgan fingerprint density at radius 3 is 2.76 bits per heavy atom. The Kier molecular flexibility index (Phi) is 6.63. The molecule has 0 aliphatic carbocycles. The first kappa shape index (κ1) is 22.8. The number of amides is 5. The van der Waals surface area contributed by atoms with Crippen LogP contribution in [0.25, 0.3) is 0 Å². The molecular weight excluding hydrogens is 496 g/mol. The number of piperidine rings is 1. The number of aromatic nitrogens is 3. The molecule has 1 aromatic heterocycles. The normalized spacial score (nSPS) is 17.8. The van der Waals surface area contributed by atoms with Crippen molar-refractivity contribution in [1.29, 1.82) is 0 Å². The van der Waals surface area contributed by atoms with Crippen molar-refractivity contribution >= 4 is 51.2 Å². The van der Waals surface area contributed by atoms with Gasteiger partial charge in [0.2, 0.25) is 17.7 Å². The third-order valence-electron chi connectivity index (χ3n) is 5.45. The number of carbonyl (C=O) groups excluding carboxylic acids is 5. The van der Waals surface area contributed by atoms with Crippen LogP contribution in [0.4, 0.5) is 5.69 Å². The molecule has 2 aromatic rings. The molecule has 4 rings (SSSR count). The lowest BCUT2D eigenvalue weighted by atomic mass is 10.0. The molecule has 1 fully saturated rings. The maximum Gasteiger partial charge on any atom is 0.264 e. The Balaban J connectivity index is 1.47. The first-order valence-corrected chi connectivity index (χ1v) is 11.6. The van der Waals surface area contributed by atoms with Gasteiger partial charge in [-0.3, -0.25) is 34.2 Å². The number of nitrogens with zero attached hydrogens (tertiary/aromatic N) is 4. The van der Waals surface area contributed by atoms with Gasteiger partial charge in [-0.1, -0.05) is 27.2 Å². The van der Waals surface area contributed by atoms with Crippen LogP contribution in [-0.4, -0.2) is 60.8 Å². The zero-order valence-corrected chi connectivity index (χ0v) is 19.1. The van der Waals surface area contributed by atoms with Gasteiger partial charge >= 0.3 is 0 Å². The first-order valence-electron chi connectivity index (χ1n) is 10.5. The second-order valence-corrected chi connectivity index (χ2v) is 8.57. The van der Waals surface area contributed by atoms with Crippen molar-refractivity contribution in [3.8, 4) is 0 Å². The Hall–Kier alpha value is -3.41. The van der Waals surface area contributed by atoms with Crippen molar-refractivity contribution in [3.05, 3.63) is 41.2 Å². The second-order valence-electron chi connectivity index (χ2n) is 7.78. The molecule has 0 radical (unpaired) electrons. The number of alkyl halides is 1. The van der Waals surface area contributed by atoms with Gasteiger partial charge in [-0.05, 0) is 37.8 Å². The van der Waals surface area contributed by atoms with Crippen LogP contribution in [0.2, 0.25) is 0 Å². The highest BCUT2D eigenvalue weighted by atomic mass is 79.9. The molecule has 2 aliphatic rings. The van der Waals surface area contributed by atoms with E-state index in [4.69, 9.17) is 0 Å². The number of unbranched alkanes of at least 4 members (excludes halogenated alkanes) is 1. The molecule has 1 unspecified atom stereocenters. The Morgan fingerprint density at radius 2 is 2.00 bits per heavy atom. The van der Waals surface area contributed by atoms with E-state index in [1.54, 1.807) is 12.3 Å². The first-order chi connectivity index (χ1) is 15.9. The van der Waals surface area contributed by atoms with Gasteiger partial charge in [-0.2, -0.15) is 0 Å². The molecule has 5 amide bonds. The number of hydrogen-bond acceptors (Lipinski definition) is 7. The molecule has 1 aromatic carbocycles. The van der Waals surface area contributed by atoms with Crippen molar-refractivity contribution in [2.75, 3.05) is 10.6 Å². The van der Waals surface area contributed by atoms with Gasteiger partial charge in [0.25, 0.3) is 11.8 Å². The maximum atomic E-state index is 13.1. The third-order valence-corrected chi connectivity index (χ3v) is 6.01. The van der Waals surface area contributed by atoms with Gasteiger partial charge in [0, 0.05) is 17.9 Å². The predicted molar refractivity (Wildman–Crippen MR) is 118 cm³/mol. The largest absolute Gasteiger partial charge is 0.324 e. The van der Waals surface area contributed by atoms with E-state index in [1.807, 2.05) is 0 Å². The lowest BCUT2D eigenvalue weighted by Crippen LogP contribution is -2.54. The van der Waals surface area contributed by atoms with Crippen LogP contribution in [0.5, 0.6) is 0 Å². The van der Waals surface area contributed by atoms with E-state index in [9.17, 15) is 24.0 Å². The molecule has 0 spiro atoms. The van der Waals surface area contributed by atoms with Crippen LogP contribution in [0.3, 0.4) is 0 Å². The molecule has 2 N–H and O–H groups in total. The summed E-state index contributed by atoms with van der Waals surface area (Å²) in [6, 6.07) is 3.46. The second kappa shape index (κ2) is 9.61. The molecule has 12 heteroatoms. The van der Waals surface area contributed by atoms with Crippen molar-refractivity contribution < 1.29 is 24.0 Å². The van der Waals surface area contributed by atoms with Crippen LogP contribution in [0.1, 0.15) is 52.1 Å². The summed E-state index contributed by atoms with van der Waals surface area (Å²) in [4.78, 5) is 63.1. The quantitative estimate of drug-likeness (QED) is 0.303. The minimum Gasteiger partial charge on any atom is -0.324 e. The number of aryl methyl sites for hydroxylation is 1. The number of halogens is 1. The van der Waals surface area contributed by atoms with Crippen molar-refractivity contribution in [3.63, 3.8) is 0 Å². The van der Waals surface area contributed by atoms with Crippen LogP contribution >= 0.6 is 15.9 Å². The highest BCUT2D eigenvalue weighted by molar-refractivity contribution is 9.09. The molecule has 3 heterocycles. The highest BCUT2D eigenvalue weighted by Gasteiger charge is 2.45. The van der Waals surface area contributed by atoms with Crippen molar-refractivity contribution in [2.45, 2.75) is 44.7 Å². The van der Waals surface area contributed by atoms with Crippen molar-refractivity contribution in [2.24, 2.45) is 0 Å². The molecule has 0 bridgehead atoms. The number of hydrogen-bond donors (Lipinski definition) is 2. The van der Waals surface area contributed by atoms with Crippen molar-refractivity contribution in [1.82, 2.24) is 25.2 Å². The number of imide groups is 2. The standard InChI is InChI=1S/C21H21BrN6O5/c22-9-2-1-4-12-10-27(26-25-12)11-17(30)23-14-6-3-5-13-18(14)21(33)28(20(13)32)15-7-8-16(29)24-19(15)31/h3,5-6,10,15H,1-2,4,7-9,11H2,(H,23,30)(H,24,29,31). The average molecular weight is 517 g/mol. The molecule has 172 valence electrons. The van der Waals surface area contributed by atoms with E-state index in [-0.39, 0.29) is 36.2 Å².